The minimum absolute atomic E-state index is 0.142. The van der Waals surface area contributed by atoms with Gasteiger partial charge in [0.1, 0.15) is 0 Å². The largest absolute Gasteiger partial charge is 0.345 e. The Kier molecular flexibility index (Phi) is 5.60. The number of nitrogens with one attached hydrogen (secondary N) is 1. The van der Waals surface area contributed by atoms with E-state index in [0.717, 1.165) is 32.3 Å². The number of hydrogen-bond acceptors (Lipinski definition) is 6. The van der Waals surface area contributed by atoms with Gasteiger partial charge in [0.25, 0.3) is 0 Å². The summed E-state index contributed by atoms with van der Waals surface area (Å²) < 4.78 is 26.9. The maximum Gasteiger partial charge on any atom is 0.345 e. The van der Waals surface area contributed by atoms with E-state index in [9.17, 15) is 13.2 Å². The zero-order chi connectivity index (χ0) is 12.7. The first kappa shape index (κ1) is 14.1. The quantitative estimate of drug-likeness (QED) is 0.506. The van der Waals surface area contributed by atoms with Crippen LogP contribution in [0, 0.1) is 0 Å². The summed E-state index contributed by atoms with van der Waals surface area (Å²) in [4.78, 5) is 12.9. The predicted octanol–water partition coefficient (Wildman–Crippen LogP) is -0.659. The average Bonchev–Trinajstić information content (AvgIpc) is 2.29. The lowest BCUT2D eigenvalue weighted by Gasteiger charge is -2.26. The van der Waals surface area contributed by atoms with Crippen molar-refractivity contribution in [2.24, 2.45) is 0 Å². The summed E-state index contributed by atoms with van der Waals surface area (Å²) in [6.07, 6.45) is 1.31. The van der Waals surface area contributed by atoms with Crippen molar-refractivity contribution in [3.05, 3.63) is 12.7 Å². The van der Waals surface area contributed by atoms with Crippen LogP contribution in [0.15, 0.2) is 12.7 Å². The number of nitrogens with zero attached hydrogens (tertiary/aromatic N) is 1. The van der Waals surface area contributed by atoms with Crippen LogP contribution in [0.1, 0.15) is 6.42 Å². The van der Waals surface area contributed by atoms with Gasteiger partial charge in [-0.1, -0.05) is 6.58 Å². The van der Waals surface area contributed by atoms with Crippen molar-refractivity contribution in [3.63, 3.8) is 0 Å². The van der Waals surface area contributed by atoms with Gasteiger partial charge < -0.3 is 14.4 Å². The second kappa shape index (κ2) is 6.73. The number of carbonyl (C=O) groups excluding carboxylic acids is 1. The first-order chi connectivity index (χ1) is 8.03. The van der Waals surface area contributed by atoms with E-state index in [1.807, 2.05) is 0 Å². The molecule has 0 aliphatic carbocycles. The molecule has 0 aromatic carbocycles. The van der Waals surface area contributed by atoms with Gasteiger partial charge in [-0.2, -0.15) is 8.42 Å². The normalized spacial score (nSPS) is 17.6. The lowest BCUT2D eigenvalue weighted by molar-refractivity contribution is -0.128. The second-order valence-corrected chi connectivity index (χ2v) is 5.50. The highest BCUT2D eigenvalue weighted by atomic mass is 32.2. The third kappa shape index (κ3) is 5.81. The molecule has 17 heavy (non-hydrogen) atoms. The van der Waals surface area contributed by atoms with Crippen LogP contribution >= 0.6 is 0 Å². The number of hydrogen-bond donors (Lipinski definition) is 1. The fourth-order valence-corrected chi connectivity index (χ4v) is 2.48. The predicted molar refractivity (Wildman–Crippen MR) is 64.0 cm³/mol. The van der Waals surface area contributed by atoms with Gasteiger partial charge in [0.15, 0.2) is 0 Å². The van der Waals surface area contributed by atoms with Gasteiger partial charge in [0, 0.05) is 32.3 Å². The highest BCUT2D eigenvalue weighted by Crippen LogP contribution is 2.01. The van der Waals surface area contributed by atoms with E-state index in [1.54, 1.807) is 0 Å². The molecule has 0 aromatic rings. The standard InChI is InChI=1S/C10H18N2O4S/c1-2-10(13)16-17(14,15)9-3-6-12-7-4-11-5-8-12/h2,11H,1,3-9H2. The van der Waals surface area contributed by atoms with Crippen LogP contribution in [0.2, 0.25) is 0 Å². The van der Waals surface area contributed by atoms with Gasteiger partial charge in [0.2, 0.25) is 0 Å². The number of rotatable bonds is 6. The van der Waals surface area contributed by atoms with Gasteiger partial charge >= 0.3 is 16.1 Å². The Morgan fingerprint density at radius 1 is 1.41 bits per heavy atom. The first-order valence-electron chi connectivity index (χ1n) is 5.55. The summed E-state index contributed by atoms with van der Waals surface area (Å²) >= 11 is 0. The van der Waals surface area contributed by atoms with Crippen molar-refractivity contribution in [2.45, 2.75) is 6.42 Å². The summed E-state index contributed by atoms with van der Waals surface area (Å²) in [6, 6.07) is 0. The van der Waals surface area contributed by atoms with E-state index >= 15 is 0 Å². The van der Waals surface area contributed by atoms with Gasteiger partial charge in [0.05, 0.1) is 5.75 Å². The molecular weight excluding hydrogens is 244 g/mol. The molecule has 1 saturated heterocycles. The van der Waals surface area contributed by atoms with Crippen LogP contribution in [0.4, 0.5) is 0 Å². The molecule has 0 atom stereocenters. The molecule has 1 aliphatic heterocycles. The average molecular weight is 262 g/mol. The van der Waals surface area contributed by atoms with Crippen LogP contribution in [0.5, 0.6) is 0 Å². The molecule has 0 saturated carbocycles. The van der Waals surface area contributed by atoms with E-state index in [1.165, 1.54) is 0 Å². The van der Waals surface area contributed by atoms with Gasteiger partial charge in [-0.3, -0.25) is 0 Å². The summed E-state index contributed by atoms with van der Waals surface area (Å²) in [5.74, 6) is -1.07. The zero-order valence-corrected chi connectivity index (χ0v) is 10.5. The summed E-state index contributed by atoms with van der Waals surface area (Å²) in [5.41, 5.74) is 0. The molecule has 0 unspecified atom stereocenters. The Bertz CT molecular complexity index is 361. The molecule has 6 nitrogen and oxygen atoms in total. The molecule has 0 radical (unpaired) electrons. The Morgan fingerprint density at radius 2 is 2.06 bits per heavy atom. The van der Waals surface area contributed by atoms with E-state index in [4.69, 9.17) is 0 Å². The molecule has 1 N–H and O–H groups in total. The highest BCUT2D eigenvalue weighted by molar-refractivity contribution is 7.87. The summed E-state index contributed by atoms with van der Waals surface area (Å²) in [7, 11) is -3.76. The number of carbonyl (C=O) groups is 1. The molecule has 1 aliphatic rings. The second-order valence-electron chi connectivity index (χ2n) is 3.81. The van der Waals surface area contributed by atoms with E-state index in [-0.39, 0.29) is 5.75 Å². The van der Waals surface area contributed by atoms with Crippen molar-refractivity contribution in [1.29, 1.82) is 0 Å². The van der Waals surface area contributed by atoms with Crippen molar-refractivity contribution < 1.29 is 17.4 Å². The molecule has 0 spiro atoms. The van der Waals surface area contributed by atoms with Crippen LogP contribution in [-0.2, 0) is 19.1 Å². The SMILES string of the molecule is C=CC(=O)OS(=O)(=O)CCCN1CCNCC1. The molecule has 0 aromatic heterocycles. The van der Waals surface area contributed by atoms with Gasteiger partial charge in [-0.25, -0.2) is 4.79 Å². The summed E-state index contributed by atoms with van der Waals surface area (Å²) in [5, 5.41) is 3.21. The van der Waals surface area contributed by atoms with Gasteiger partial charge in [-0.05, 0) is 13.0 Å². The molecule has 1 fully saturated rings. The zero-order valence-electron chi connectivity index (χ0n) is 9.72. The van der Waals surface area contributed by atoms with E-state index in [0.29, 0.717) is 13.0 Å². The van der Waals surface area contributed by atoms with Crippen molar-refractivity contribution in [2.75, 3.05) is 38.5 Å². The van der Waals surface area contributed by atoms with Crippen LogP contribution < -0.4 is 5.32 Å². The van der Waals surface area contributed by atoms with Crippen LogP contribution in [-0.4, -0.2) is 57.8 Å². The Labute approximate surface area is 102 Å². The van der Waals surface area contributed by atoms with E-state index < -0.39 is 16.1 Å². The highest BCUT2D eigenvalue weighted by Gasteiger charge is 2.16. The first-order valence-corrected chi connectivity index (χ1v) is 7.13. The molecule has 7 heteroatoms. The fraction of sp³-hybridized carbons (Fsp3) is 0.700. The maximum absolute atomic E-state index is 11.3. The Hall–Kier alpha value is -0.920. The lowest BCUT2D eigenvalue weighted by atomic mass is 10.3. The van der Waals surface area contributed by atoms with E-state index in [2.05, 4.69) is 21.0 Å². The van der Waals surface area contributed by atoms with Crippen molar-refractivity contribution >= 4 is 16.1 Å². The van der Waals surface area contributed by atoms with Crippen LogP contribution in [0.3, 0.4) is 0 Å². The maximum atomic E-state index is 11.3. The smallest absolute Gasteiger partial charge is 0.342 e. The van der Waals surface area contributed by atoms with Gasteiger partial charge in [-0.15, -0.1) is 0 Å². The molecule has 1 rings (SSSR count). The van der Waals surface area contributed by atoms with Crippen molar-refractivity contribution in [1.82, 2.24) is 10.2 Å². The topological polar surface area (TPSA) is 75.7 Å². The molecular formula is C10H18N2O4S. The number of piperazine rings is 1. The third-order valence-corrected chi connectivity index (χ3v) is 3.66. The van der Waals surface area contributed by atoms with Crippen LogP contribution in [0.25, 0.3) is 0 Å². The van der Waals surface area contributed by atoms with Crippen molar-refractivity contribution in [3.8, 4) is 0 Å². The molecule has 1 heterocycles. The minimum atomic E-state index is -3.76. The molecule has 0 bridgehead atoms. The monoisotopic (exact) mass is 262 g/mol. The fourth-order valence-electron chi connectivity index (χ4n) is 1.60. The Balaban J connectivity index is 2.24. The molecule has 0 amide bonds. The Morgan fingerprint density at radius 3 is 2.65 bits per heavy atom. The lowest BCUT2D eigenvalue weighted by Crippen LogP contribution is -2.44. The minimum Gasteiger partial charge on any atom is -0.342 e. The molecule has 98 valence electrons. The summed E-state index contributed by atoms with van der Waals surface area (Å²) in [6.45, 7) is 7.55. The third-order valence-electron chi connectivity index (χ3n) is 2.45.